The minimum atomic E-state index is -4.11. The maximum absolute atomic E-state index is 12.9. The first-order valence-corrected chi connectivity index (χ1v) is 10.7. The Bertz CT molecular complexity index is 1100. The fraction of sp³-hybridized carbons (Fsp3) is 0.222. The van der Waals surface area contributed by atoms with E-state index in [1.807, 2.05) is 4.72 Å². The molecule has 0 aliphatic rings. The van der Waals surface area contributed by atoms with Gasteiger partial charge in [-0.05, 0) is 38.1 Å². The molecule has 9 nitrogen and oxygen atoms in total. The van der Waals surface area contributed by atoms with E-state index in [9.17, 15) is 18.1 Å². The van der Waals surface area contributed by atoms with Crippen molar-refractivity contribution in [1.82, 2.24) is 9.71 Å². The van der Waals surface area contributed by atoms with Gasteiger partial charge in [0.1, 0.15) is 11.6 Å². The lowest BCUT2D eigenvalue weighted by molar-refractivity contribution is -0.120. The Hall–Kier alpha value is -2.92. The second-order valence-electron chi connectivity index (χ2n) is 6.62. The van der Waals surface area contributed by atoms with Gasteiger partial charge in [-0.15, -0.1) is 4.91 Å². The van der Waals surface area contributed by atoms with Crippen molar-refractivity contribution in [3.05, 3.63) is 59.5 Å². The van der Waals surface area contributed by atoms with Crippen molar-refractivity contribution in [1.29, 1.82) is 0 Å². The number of hydrogen-bond donors (Lipinski definition) is 2. The number of carbonyl (C=O) groups excluding carboxylic acids is 1. The summed E-state index contributed by atoms with van der Waals surface area (Å²) in [6.45, 7) is 3.15. The molecule has 0 bridgehead atoms. The molecular weight excluding hydrogens is 416 g/mol. The third kappa shape index (κ3) is 4.74. The van der Waals surface area contributed by atoms with Crippen LogP contribution in [0.4, 0.5) is 6.01 Å². The van der Waals surface area contributed by atoms with Gasteiger partial charge in [0.2, 0.25) is 0 Å². The molecule has 0 aliphatic heterocycles. The molecule has 0 spiro atoms. The van der Waals surface area contributed by atoms with Gasteiger partial charge in [0, 0.05) is 16.5 Å². The fourth-order valence-electron chi connectivity index (χ4n) is 2.61. The van der Waals surface area contributed by atoms with Crippen LogP contribution in [-0.2, 0) is 14.8 Å². The van der Waals surface area contributed by atoms with E-state index in [2.05, 4.69) is 14.9 Å². The van der Waals surface area contributed by atoms with Crippen molar-refractivity contribution in [2.45, 2.75) is 29.5 Å². The summed E-state index contributed by atoms with van der Waals surface area (Å²) in [5, 5.41) is 2.79. The molecule has 1 amide bonds. The van der Waals surface area contributed by atoms with Crippen molar-refractivity contribution in [3.8, 4) is 0 Å². The topological polar surface area (TPSA) is 131 Å². The molecule has 0 radical (unpaired) electrons. The lowest BCUT2D eigenvalue weighted by atomic mass is 10.0. The van der Waals surface area contributed by atoms with Crippen molar-refractivity contribution >= 4 is 45.0 Å². The van der Waals surface area contributed by atoms with Gasteiger partial charge >= 0.3 is 0 Å². The van der Waals surface area contributed by atoms with Crippen LogP contribution in [0.15, 0.2) is 68.5 Å². The van der Waals surface area contributed by atoms with Crippen molar-refractivity contribution in [3.63, 3.8) is 0 Å². The van der Waals surface area contributed by atoms with Crippen molar-refractivity contribution in [2.75, 3.05) is 5.32 Å². The van der Waals surface area contributed by atoms with Crippen LogP contribution in [0.2, 0.25) is 0 Å². The highest BCUT2D eigenvalue weighted by Crippen LogP contribution is 2.32. The fourth-order valence-corrected chi connectivity index (χ4v) is 4.09. The lowest BCUT2D eigenvalue weighted by Gasteiger charge is -2.29. The number of amides is 1. The zero-order chi connectivity index (χ0) is 21.1. The van der Waals surface area contributed by atoms with Crippen LogP contribution < -0.4 is 10.0 Å². The highest BCUT2D eigenvalue weighted by molar-refractivity contribution is 7.99. The second-order valence-corrected chi connectivity index (χ2v) is 9.68. The largest absolute Gasteiger partial charge is 0.424 e. The minimum absolute atomic E-state index is 0.0167. The number of anilines is 1. The number of sulfonamides is 1. The van der Waals surface area contributed by atoms with E-state index in [1.165, 1.54) is 12.1 Å². The van der Waals surface area contributed by atoms with Gasteiger partial charge in [0.05, 0.1) is 9.64 Å². The summed E-state index contributed by atoms with van der Waals surface area (Å²) in [5.74, 6) is -0.878. The number of hydrogen-bond acceptors (Lipinski definition) is 9. The van der Waals surface area contributed by atoms with Crippen LogP contribution >= 0.6 is 11.9 Å². The predicted molar refractivity (Wildman–Crippen MR) is 111 cm³/mol. The Morgan fingerprint density at radius 2 is 1.79 bits per heavy atom. The number of benzene rings is 2. The highest BCUT2D eigenvalue weighted by Gasteiger charge is 2.40. The number of oxazole rings is 1. The molecule has 0 aliphatic carbocycles. The maximum Gasteiger partial charge on any atom is 0.296 e. The van der Waals surface area contributed by atoms with Gasteiger partial charge in [0.25, 0.3) is 21.9 Å². The second kappa shape index (κ2) is 8.21. The molecule has 1 heterocycles. The molecule has 1 aromatic heterocycles. The summed E-state index contributed by atoms with van der Waals surface area (Å²) >= 11 is 0.600. The summed E-state index contributed by atoms with van der Waals surface area (Å²) in [6.07, 6.45) is 0. The Morgan fingerprint density at radius 1 is 1.14 bits per heavy atom. The minimum Gasteiger partial charge on any atom is -0.424 e. The average molecular weight is 434 g/mol. The number of para-hydroxylation sites is 2. The van der Waals surface area contributed by atoms with E-state index in [-0.39, 0.29) is 10.9 Å². The summed E-state index contributed by atoms with van der Waals surface area (Å²) in [5.41, 5.74) is 1.05. The molecule has 11 heteroatoms. The van der Waals surface area contributed by atoms with Gasteiger partial charge in [-0.25, -0.2) is 13.1 Å². The maximum atomic E-state index is 12.9. The third-order valence-corrected chi connectivity index (χ3v) is 6.22. The molecule has 3 aromatic rings. The van der Waals surface area contributed by atoms with Crippen LogP contribution in [0.5, 0.6) is 0 Å². The Balaban J connectivity index is 1.90. The van der Waals surface area contributed by atoms with Gasteiger partial charge in [-0.3, -0.25) is 4.79 Å². The van der Waals surface area contributed by atoms with Gasteiger partial charge in [-0.2, -0.15) is 4.98 Å². The first kappa shape index (κ1) is 20.8. The molecule has 29 heavy (non-hydrogen) atoms. The van der Waals surface area contributed by atoms with E-state index in [0.717, 1.165) is 0 Å². The van der Waals surface area contributed by atoms with Crippen LogP contribution in [0.25, 0.3) is 11.1 Å². The van der Waals surface area contributed by atoms with E-state index in [1.54, 1.807) is 56.3 Å². The molecule has 1 atom stereocenters. The number of carbonyl (C=O) groups is 1. The molecule has 152 valence electrons. The highest BCUT2D eigenvalue weighted by atomic mass is 32.2. The normalized spacial score (nSPS) is 13.0. The smallest absolute Gasteiger partial charge is 0.296 e. The number of nitroso groups, excluding NO2 is 1. The zero-order valence-corrected chi connectivity index (χ0v) is 17.2. The molecule has 2 N–H and O–H groups in total. The van der Waals surface area contributed by atoms with E-state index in [0.29, 0.717) is 23.0 Å². The number of rotatable bonds is 8. The molecule has 0 saturated carbocycles. The van der Waals surface area contributed by atoms with Gasteiger partial charge in [-0.1, -0.05) is 30.3 Å². The van der Waals surface area contributed by atoms with Crippen molar-refractivity contribution < 1.29 is 17.6 Å². The Morgan fingerprint density at radius 3 is 2.45 bits per heavy atom. The first-order valence-electron chi connectivity index (χ1n) is 8.47. The van der Waals surface area contributed by atoms with E-state index >= 15 is 0 Å². The average Bonchev–Trinajstić information content (AvgIpc) is 3.09. The number of aromatic nitrogens is 1. The summed E-state index contributed by atoms with van der Waals surface area (Å²) < 4.78 is 34.4. The zero-order valence-electron chi connectivity index (χ0n) is 15.5. The van der Waals surface area contributed by atoms with Crippen LogP contribution in [0.3, 0.4) is 0 Å². The Labute approximate surface area is 171 Å². The molecule has 0 saturated heterocycles. The van der Waals surface area contributed by atoms with Gasteiger partial charge in [0.15, 0.2) is 5.58 Å². The summed E-state index contributed by atoms with van der Waals surface area (Å²) in [4.78, 5) is 27.9. The first-order chi connectivity index (χ1) is 13.7. The summed E-state index contributed by atoms with van der Waals surface area (Å²) in [7, 11) is -4.11. The van der Waals surface area contributed by atoms with E-state index < -0.39 is 26.7 Å². The monoisotopic (exact) mass is 434 g/mol. The molecule has 3 rings (SSSR count). The number of fused-ring (bicyclic) bond motifs is 1. The van der Waals surface area contributed by atoms with Crippen LogP contribution in [-0.4, -0.2) is 30.1 Å². The van der Waals surface area contributed by atoms with Crippen molar-refractivity contribution in [2.24, 2.45) is 4.58 Å². The number of nitrogens with zero attached hydrogens (tertiary/aromatic N) is 2. The molecule has 2 aromatic carbocycles. The Kier molecular flexibility index (Phi) is 5.89. The van der Waals surface area contributed by atoms with Gasteiger partial charge < -0.3 is 9.73 Å². The van der Waals surface area contributed by atoms with Crippen LogP contribution in [0.1, 0.15) is 13.8 Å². The molecule has 1 unspecified atom stereocenters. The lowest BCUT2D eigenvalue weighted by Crippen LogP contribution is -2.52. The summed E-state index contributed by atoms with van der Waals surface area (Å²) in [6, 6.07) is 13.3. The quantitative estimate of drug-likeness (QED) is 0.408. The van der Waals surface area contributed by atoms with Crippen LogP contribution in [0, 0.1) is 4.91 Å². The third-order valence-electron chi connectivity index (χ3n) is 4.08. The molecule has 0 fully saturated rings. The van der Waals surface area contributed by atoms with E-state index in [4.69, 9.17) is 4.42 Å². The SMILES string of the molecule is CC(C)(SN=O)C(Nc1nc2ccccc2o1)C(=O)NS(=O)(=O)c1ccccc1. The number of nitrogens with one attached hydrogen (secondary N) is 2. The molecular formula is C18H18N4O5S2. The standard InChI is InChI=1S/C18H18N4O5S2/c1-18(2,28-22-24)15(20-17-19-13-10-6-7-11-14(13)27-17)16(23)21-29(25,26)12-8-4-3-5-9-12/h3-11,15H,1-2H3,(H,19,20)(H,21,23). The predicted octanol–water partition coefficient (Wildman–Crippen LogP) is 3.31.